The van der Waals surface area contributed by atoms with Crippen LogP contribution in [0, 0.1) is 0 Å². The molecule has 13 heteroatoms. The van der Waals surface area contributed by atoms with E-state index >= 15 is 0 Å². The minimum atomic E-state index is -4.58. The third-order valence-electron chi connectivity index (χ3n) is 6.62. The Hall–Kier alpha value is -4.26. The van der Waals surface area contributed by atoms with E-state index in [1.807, 2.05) is 54.3 Å². The molecule has 1 atom stereocenters. The van der Waals surface area contributed by atoms with Gasteiger partial charge in [-0.2, -0.15) is 28.2 Å². The van der Waals surface area contributed by atoms with Crippen LogP contribution in [0.15, 0.2) is 60.9 Å². The lowest BCUT2D eigenvalue weighted by Gasteiger charge is -2.40. The summed E-state index contributed by atoms with van der Waals surface area (Å²) in [4.78, 5) is 29.9. The first kappa shape index (κ1) is 25.0. The van der Waals surface area contributed by atoms with Crippen molar-refractivity contribution in [3.05, 3.63) is 71.5 Å². The Labute approximate surface area is 224 Å². The third-order valence-corrected chi connectivity index (χ3v) is 7.78. The number of nitrogens with zero attached hydrogens (tertiary/aromatic N) is 7. The molecule has 2 aromatic carbocycles. The van der Waals surface area contributed by atoms with Crippen LogP contribution in [0.5, 0.6) is 0 Å². The van der Waals surface area contributed by atoms with Gasteiger partial charge in [-0.1, -0.05) is 35.6 Å². The van der Waals surface area contributed by atoms with Crippen LogP contribution < -0.4 is 4.90 Å². The highest BCUT2D eigenvalue weighted by atomic mass is 32.1. The zero-order valence-corrected chi connectivity index (χ0v) is 21.6. The maximum Gasteiger partial charge on any atom is 0.443 e. The van der Waals surface area contributed by atoms with Crippen LogP contribution in [-0.2, 0) is 17.4 Å². The predicted octanol–water partition coefficient (Wildman–Crippen LogP) is 4.57. The molecule has 9 nitrogen and oxygen atoms in total. The number of carbonyl (C=O) groups excluding carboxylic acids is 1. The summed E-state index contributed by atoms with van der Waals surface area (Å²) in [5.41, 5.74) is 3.12. The largest absolute Gasteiger partial charge is 0.443 e. The van der Waals surface area contributed by atoms with E-state index in [2.05, 4.69) is 25.1 Å². The van der Waals surface area contributed by atoms with Crippen molar-refractivity contribution >= 4 is 33.3 Å². The average Bonchev–Trinajstić information content (AvgIpc) is 3.68. The zero-order chi connectivity index (χ0) is 27.1. The number of piperazine rings is 1. The topological polar surface area (TPSA) is 95.8 Å². The number of benzene rings is 2. The van der Waals surface area contributed by atoms with E-state index < -0.39 is 11.2 Å². The number of aromatic nitrogens is 6. The number of hydrogen-bond donors (Lipinski definition) is 1. The van der Waals surface area contributed by atoms with Gasteiger partial charge in [0.15, 0.2) is 5.82 Å². The highest BCUT2D eigenvalue weighted by molar-refractivity contribution is 7.16. The van der Waals surface area contributed by atoms with E-state index in [-0.39, 0.29) is 29.9 Å². The molecule has 0 radical (unpaired) electrons. The molecule has 1 saturated heterocycles. The lowest BCUT2D eigenvalue weighted by atomic mass is 10.1. The fourth-order valence-corrected chi connectivity index (χ4v) is 5.77. The molecule has 1 aliphatic heterocycles. The Kier molecular flexibility index (Phi) is 6.29. The molecule has 0 bridgehead atoms. The summed E-state index contributed by atoms with van der Waals surface area (Å²) in [6.45, 7) is 3.02. The molecule has 1 amide bonds. The minimum Gasteiger partial charge on any atom is -0.358 e. The van der Waals surface area contributed by atoms with E-state index in [9.17, 15) is 18.0 Å². The number of rotatable bonds is 5. The Bertz CT molecular complexity index is 1590. The van der Waals surface area contributed by atoms with Crippen LogP contribution in [0.3, 0.4) is 0 Å². The first-order valence-corrected chi connectivity index (χ1v) is 13.1. The number of halogens is 3. The Morgan fingerprint density at radius 1 is 1.08 bits per heavy atom. The Morgan fingerprint density at radius 2 is 1.87 bits per heavy atom. The van der Waals surface area contributed by atoms with Gasteiger partial charge in [0.05, 0.1) is 35.5 Å². The average molecular weight is 553 g/mol. The zero-order valence-electron chi connectivity index (χ0n) is 20.8. The van der Waals surface area contributed by atoms with Gasteiger partial charge in [0.25, 0.3) is 0 Å². The van der Waals surface area contributed by atoms with Crippen LogP contribution in [0.4, 0.5) is 18.2 Å². The molecule has 1 unspecified atom stereocenters. The number of para-hydroxylation sites is 2. The number of amides is 1. The number of thiazole rings is 1. The Morgan fingerprint density at radius 3 is 2.62 bits per heavy atom. The summed E-state index contributed by atoms with van der Waals surface area (Å²) in [7, 11) is 0. The van der Waals surface area contributed by atoms with Gasteiger partial charge in [-0.3, -0.25) is 4.79 Å². The fourth-order valence-electron chi connectivity index (χ4n) is 4.80. The fraction of sp³-hybridized carbons (Fsp3) is 0.269. The van der Waals surface area contributed by atoms with Gasteiger partial charge in [0.2, 0.25) is 10.9 Å². The van der Waals surface area contributed by atoms with Crippen LogP contribution >= 0.6 is 11.3 Å². The second-order valence-electron chi connectivity index (χ2n) is 9.32. The summed E-state index contributed by atoms with van der Waals surface area (Å²) in [5.74, 6) is 0.237. The van der Waals surface area contributed by atoms with Crippen LogP contribution in [0.1, 0.15) is 17.5 Å². The third kappa shape index (κ3) is 4.97. The molecule has 3 aromatic heterocycles. The molecular weight excluding hydrogens is 529 g/mol. The molecule has 1 aliphatic rings. The summed E-state index contributed by atoms with van der Waals surface area (Å²) >= 11 is 0.604. The molecule has 0 spiro atoms. The number of nitrogens with one attached hydrogen (secondary N) is 1. The van der Waals surface area contributed by atoms with Crippen LogP contribution in [0.2, 0.25) is 0 Å². The number of aromatic amines is 1. The van der Waals surface area contributed by atoms with Gasteiger partial charge < -0.3 is 14.8 Å². The Balaban J connectivity index is 1.22. The highest BCUT2D eigenvalue weighted by Gasteiger charge is 2.39. The molecule has 5 aromatic rings. The first-order valence-electron chi connectivity index (χ1n) is 12.3. The summed E-state index contributed by atoms with van der Waals surface area (Å²) in [6.07, 6.45) is -1.21. The van der Waals surface area contributed by atoms with Crippen molar-refractivity contribution in [2.45, 2.75) is 25.6 Å². The number of anilines is 1. The normalized spacial score (nSPS) is 16.3. The van der Waals surface area contributed by atoms with E-state index in [1.165, 1.54) is 4.80 Å². The van der Waals surface area contributed by atoms with E-state index in [0.717, 1.165) is 16.8 Å². The first-order chi connectivity index (χ1) is 18.8. The smallest absolute Gasteiger partial charge is 0.358 e. The van der Waals surface area contributed by atoms with Gasteiger partial charge in [-0.05, 0) is 36.8 Å². The van der Waals surface area contributed by atoms with E-state index in [4.69, 9.17) is 0 Å². The quantitative estimate of drug-likeness (QED) is 0.343. The molecule has 0 saturated carbocycles. The maximum atomic E-state index is 13.7. The van der Waals surface area contributed by atoms with Crippen LogP contribution in [0.25, 0.3) is 28.2 Å². The van der Waals surface area contributed by atoms with Crippen molar-refractivity contribution in [1.29, 1.82) is 0 Å². The number of carbonyl (C=O) groups is 1. The number of imidazole rings is 1. The number of alkyl halides is 3. The van der Waals surface area contributed by atoms with Crippen LogP contribution in [-0.4, -0.2) is 66.4 Å². The van der Waals surface area contributed by atoms with Gasteiger partial charge >= 0.3 is 6.18 Å². The van der Waals surface area contributed by atoms with Gasteiger partial charge in [-0.15, -0.1) is 0 Å². The number of fused-ring (bicyclic) bond motifs is 1. The molecule has 39 heavy (non-hydrogen) atoms. The van der Waals surface area contributed by atoms with Crippen molar-refractivity contribution in [1.82, 2.24) is 34.8 Å². The van der Waals surface area contributed by atoms with Crippen molar-refractivity contribution in [3.63, 3.8) is 0 Å². The molecular formula is C26H23F3N8OS. The van der Waals surface area contributed by atoms with E-state index in [1.54, 1.807) is 23.4 Å². The molecule has 4 heterocycles. The lowest BCUT2D eigenvalue weighted by molar-refractivity contribution is -0.137. The molecule has 0 aliphatic carbocycles. The monoisotopic (exact) mass is 552 g/mol. The molecule has 1 fully saturated rings. The minimum absolute atomic E-state index is 0.0504. The van der Waals surface area contributed by atoms with Crippen molar-refractivity contribution in [3.8, 4) is 17.2 Å². The maximum absolute atomic E-state index is 13.7. The molecule has 1 N–H and O–H groups in total. The second-order valence-corrected chi connectivity index (χ2v) is 10.3. The lowest BCUT2D eigenvalue weighted by Crippen LogP contribution is -2.54. The van der Waals surface area contributed by atoms with Crippen molar-refractivity contribution in [2.24, 2.45) is 0 Å². The van der Waals surface area contributed by atoms with Crippen molar-refractivity contribution in [2.75, 3.05) is 24.5 Å². The van der Waals surface area contributed by atoms with E-state index in [0.29, 0.717) is 41.5 Å². The second kappa shape index (κ2) is 9.80. The van der Waals surface area contributed by atoms with Gasteiger partial charge in [-0.25, -0.2) is 9.97 Å². The predicted molar refractivity (Wildman–Crippen MR) is 141 cm³/mol. The summed E-state index contributed by atoms with van der Waals surface area (Å²) in [6, 6.07) is 14.5. The highest BCUT2D eigenvalue weighted by Crippen LogP contribution is 2.42. The standard InChI is InChI=1S/C26H23F3N8OS/c1-16-15-35(11-12-36(16)21(38)14-17-5-4-6-18(13-17)37-30-9-10-31-37)24-22(34-25(39-24)26(27,28)29)23-32-19-7-2-3-8-20(19)33-23/h2-10,13,16H,11-12,14-15H2,1H3,(H,32,33). The van der Waals surface area contributed by atoms with Gasteiger partial charge in [0.1, 0.15) is 10.7 Å². The molecule has 6 rings (SSSR count). The number of hydrogen-bond acceptors (Lipinski definition) is 7. The molecule has 200 valence electrons. The van der Waals surface area contributed by atoms with Gasteiger partial charge in [0, 0.05) is 25.7 Å². The van der Waals surface area contributed by atoms with Crippen molar-refractivity contribution < 1.29 is 18.0 Å². The summed E-state index contributed by atoms with van der Waals surface area (Å²) < 4.78 is 41.0. The SMILES string of the molecule is CC1CN(c2sc(C(F)(F)F)nc2-c2nc3ccccc3[nH]2)CCN1C(=O)Cc1cccc(-n2nccn2)c1. The number of H-pyrrole nitrogens is 1. The summed E-state index contributed by atoms with van der Waals surface area (Å²) in [5, 5.41) is 7.72.